The van der Waals surface area contributed by atoms with Crippen molar-refractivity contribution >= 4 is 16.8 Å². The lowest BCUT2D eigenvalue weighted by Gasteiger charge is -2.27. The van der Waals surface area contributed by atoms with Crippen LogP contribution in [0.25, 0.3) is 10.9 Å². The van der Waals surface area contributed by atoms with Gasteiger partial charge in [-0.1, -0.05) is 12.1 Å². The number of amides is 1. The van der Waals surface area contributed by atoms with Crippen LogP contribution in [0.15, 0.2) is 30.5 Å². The quantitative estimate of drug-likeness (QED) is 0.894. The van der Waals surface area contributed by atoms with E-state index in [2.05, 4.69) is 9.88 Å². The molecule has 5 heteroatoms. The average Bonchev–Trinajstić information content (AvgIpc) is 3.03. The molecule has 2 aromatic rings. The van der Waals surface area contributed by atoms with E-state index in [0.717, 1.165) is 17.4 Å². The predicted molar refractivity (Wildman–Crippen MR) is 82.3 cm³/mol. The second-order valence-corrected chi connectivity index (χ2v) is 6.01. The Morgan fingerprint density at radius 1 is 1.43 bits per heavy atom. The molecule has 1 aliphatic heterocycles. The van der Waals surface area contributed by atoms with Crippen LogP contribution in [-0.4, -0.2) is 65.1 Å². The van der Waals surface area contributed by atoms with E-state index in [0.29, 0.717) is 18.5 Å². The van der Waals surface area contributed by atoms with Crippen LogP contribution < -0.4 is 0 Å². The average molecular weight is 287 g/mol. The van der Waals surface area contributed by atoms with Gasteiger partial charge in [0, 0.05) is 30.7 Å². The molecule has 1 amide bonds. The first kappa shape index (κ1) is 14.1. The smallest absolute Gasteiger partial charge is 0.256 e. The van der Waals surface area contributed by atoms with Crippen molar-refractivity contribution < 1.29 is 9.90 Å². The Bertz CT molecular complexity index is 650. The van der Waals surface area contributed by atoms with Gasteiger partial charge in [0.15, 0.2) is 0 Å². The Labute approximate surface area is 124 Å². The molecule has 5 nitrogen and oxygen atoms in total. The van der Waals surface area contributed by atoms with E-state index in [-0.39, 0.29) is 11.9 Å². The van der Waals surface area contributed by atoms with Gasteiger partial charge in [-0.15, -0.1) is 0 Å². The Balaban J connectivity index is 1.91. The van der Waals surface area contributed by atoms with Crippen molar-refractivity contribution in [2.45, 2.75) is 18.6 Å². The number of nitrogens with zero attached hydrogens (tertiary/aromatic N) is 2. The lowest BCUT2D eigenvalue weighted by molar-refractivity contribution is 0.0701. The Morgan fingerprint density at radius 2 is 2.24 bits per heavy atom. The molecule has 0 radical (unpaired) electrons. The molecule has 2 unspecified atom stereocenters. The Kier molecular flexibility index (Phi) is 3.69. The zero-order valence-corrected chi connectivity index (χ0v) is 12.4. The molecule has 1 aromatic carbocycles. The van der Waals surface area contributed by atoms with E-state index in [1.165, 1.54) is 0 Å². The van der Waals surface area contributed by atoms with Gasteiger partial charge in [0.25, 0.3) is 5.91 Å². The molecular weight excluding hydrogens is 266 g/mol. The minimum absolute atomic E-state index is 0.00792. The van der Waals surface area contributed by atoms with Gasteiger partial charge in [-0.2, -0.15) is 0 Å². The minimum atomic E-state index is -0.429. The van der Waals surface area contributed by atoms with Crippen molar-refractivity contribution in [3.05, 3.63) is 36.0 Å². The van der Waals surface area contributed by atoms with E-state index >= 15 is 0 Å². The predicted octanol–water partition coefficient (Wildman–Crippen LogP) is 1.30. The second kappa shape index (κ2) is 5.50. The van der Waals surface area contributed by atoms with Gasteiger partial charge in [0.1, 0.15) is 0 Å². The van der Waals surface area contributed by atoms with E-state index in [1.54, 1.807) is 4.90 Å². The normalized spacial score (nSPS) is 22.4. The van der Waals surface area contributed by atoms with E-state index < -0.39 is 6.10 Å². The molecule has 0 saturated carbocycles. The number of aliphatic hydroxyl groups excluding tert-OH is 1. The highest BCUT2D eigenvalue weighted by atomic mass is 16.3. The molecule has 2 atom stereocenters. The number of aromatic amines is 1. The van der Waals surface area contributed by atoms with Gasteiger partial charge >= 0.3 is 0 Å². The van der Waals surface area contributed by atoms with E-state index in [9.17, 15) is 9.90 Å². The van der Waals surface area contributed by atoms with Gasteiger partial charge in [-0.05, 0) is 32.6 Å². The van der Waals surface area contributed by atoms with Gasteiger partial charge in [-0.25, -0.2) is 0 Å². The fourth-order valence-corrected chi connectivity index (χ4v) is 3.15. The SMILES string of the molecule is CN(C)CC1CC(O)CN1C(=O)c1cccc2cc[nH]c12. The fourth-order valence-electron chi connectivity index (χ4n) is 3.15. The summed E-state index contributed by atoms with van der Waals surface area (Å²) in [6, 6.07) is 7.75. The summed E-state index contributed by atoms with van der Waals surface area (Å²) in [5, 5.41) is 11.0. The molecule has 0 spiro atoms. The topological polar surface area (TPSA) is 59.6 Å². The Morgan fingerprint density at radius 3 is 3.00 bits per heavy atom. The monoisotopic (exact) mass is 287 g/mol. The summed E-state index contributed by atoms with van der Waals surface area (Å²) in [6.07, 6.45) is 2.06. The van der Waals surface area contributed by atoms with Gasteiger partial charge in [-0.3, -0.25) is 4.79 Å². The van der Waals surface area contributed by atoms with Crippen molar-refractivity contribution in [3.63, 3.8) is 0 Å². The summed E-state index contributed by atoms with van der Waals surface area (Å²) >= 11 is 0. The summed E-state index contributed by atoms with van der Waals surface area (Å²) < 4.78 is 0. The van der Waals surface area contributed by atoms with Gasteiger partial charge in [0.2, 0.25) is 0 Å². The maximum atomic E-state index is 12.9. The highest BCUT2D eigenvalue weighted by Gasteiger charge is 2.35. The highest BCUT2D eigenvalue weighted by molar-refractivity contribution is 6.05. The lowest BCUT2D eigenvalue weighted by Crippen LogP contribution is -2.41. The summed E-state index contributed by atoms with van der Waals surface area (Å²) in [4.78, 5) is 19.9. The number of β-amino-alcohol motifs (C(OH)–C–C–N with tert-alkyl or cyclic N) is 1. The number of benzene rings is 1. The minimum Gasteiger partial charge on any atom is -0.391 e. The van der Waals surface area contributed by atoms with Gasteiger partial charge in [0.05, 0.1) is 17.2 Å². The van der Waals surface area contributed by atoms with Gasteiger partial charge < -0.3 is 19.9 Å². The number of hydrogen-bond acceptors (Lipinski definition) is 3. The number of likely N-dealkylation sites (N-methyl/N-ethyl adjacent to an activating group) is 1. The van der Waals surface area contributed by atoms with Crippen LogP contribution >= 0.6 is 0 Å². The van der Waals surface area contributed by atoms with E-state index in [4.69, 9.17) is 0 Å². The second-order valence-electron chi connectivity index (χ2n) is 6.01. The first-order chi connectivity index (χ1) is 10.1. The summed E-state index contributed by atoms with van der Waals surface area (Å²) in [5.74, 6) is -0.00792. The number of fused-ring (bicyclic) bond motifs is 1. The first-order valence-corrected chi connectivity index (χ1v) is 7.26. The third kappa shape index (κ3) is 2.66. The molecule has 112 valence electrons. The number of carbonyl (C=O) groups excluding carboxylic acids is 1. The van der Waals surface area contributed by atoms with Crippen molar-refractivity contribution in [1.29, 1.82) is 0 Å². The number of likely N-dealkylation sites (tertiary alicyclic amines) is 1. The van der Waals surface area contributed by atoms with Crippen LogP contribution in [0.3, 0.4) is 0 Å². The van der Waals surface area contributed by atoms with Crippen molar-refractivity contribution in [2.24, 2.45) is 0 Å². The lowest BCUT2D eigenvalue weighted by atomic mass is 10.1. The fraction of sp³-hybridized carbons (Fsp3) is 0.438. The van der Waals surface area contributed by atoms with Crippen LogP contribution in [0.1, 0.15) is 16.8 Å². The third-order valence-corrected chi connectivity index (χ3v) is 4.05. The molecule has 3 rings (SSSR count). The molecule has 1 saturated heterocycles. The molecule has 0 aliphatic carbocycles. The molecular formula is C16H21N3O2. The third-order valence-electron chi connectivity index (χ3n) is 4.05. The van der Waals surface area contributed by atoms with Crippen LogP contribution in [0.4, 0.5) is 0 Å². The number of carbonyl (C=O) groups is 1. The number of para-hydroxylation sites is 1. The van der Waals surface area contributed by atoms with Crippen molar-refractivity contribution in [1.82, 2.24) is 14.8 Å². The van der Waals surface area contributed by atoms with Crippen molar-refractivity contribution in [2.75, 3.05) is 27.2 Å². The number of aromatic nitrogens is 1. The molecule has 21 heavy (non-hydrogen) atoms. The Hall–Kier alpha value is -1.85. The number of rotatable bonds is 3. The molecule has 2 heterocycles. The zero-order chi connectivity index (χ0) is 15.0. The standard InChI is InChI=1S/C16H21N3O2/c1-18(2)9-12-8-13(20)10-19(12)16(21)14-5-3-4-11-6-7-17-15(11)14/h3-7,12-13,17,20H,8-10H2,1-2H3. The summed E-state index contributed by atoms with van der Waals surface area (Å²) in [7, 11) is 3.97. The summed E-state index contributed by atoms with van der Waals surface area (Å²) in [6.45, 7) is 1.18. The largest absolute Gasteiger partial charge is 0.391 e. The molecule has 0 bridgehead atoms. The first-order valence-electron chi connectivity index (χ1n) is 7.26. The van der Waals surface area contributed by atoms with Crippen LogP contribution in [0.2, 0.25) is 0 Å². The number of hydrogen-bond donors (Lipinski definition) is 2. The molecule has 1 aliphatic rings. The van der Waals surface area contributed by atoms with Crippen LogP contribution in [-0.2, 0) is 0 Å². The number of nitrogens with one attached hydrogen (secondary N) is 1. The molecule has 1 aromatic heterocycles. The van der Waals surface area contributed by atoms with E-state index in [1.807, 2.05) is 44.6 Å². The molecule has 1 fully saturated rings. The zero-order valence-electron chi connectivity index (χ0n) is 12.4. The molecule has 2 N–H and O–H groups in total. The highest BCUT2D eigenvalue weighted by Crippen LogP contribution is 2.24. The van der Waals surface area contributed by atoms with Crippen LogP contribution in [0, 0.1) is 0 Å². The maximum absolute atomic E-state index is 12.9. The number of aliphatic hydroxyl groups is 1. The van der Waals surface area contributed by atoms with Crippen molar-refractivity contribution in [3.8, 4) is 0 Å². The summed E-state index contributed by atoms with van der Waals surface area (Å²) in [5.41, 5.74) is 1.54. The van der Waals surface area contributed by atoms with Crippen LogP contribution in [0.5, 0.6) is 0 Å². The number of H-pyrrole nitrogens is 1. The maximum Gasteiger partial charge on any atom is 0.256 e.